The van der Waals surface area contributed by atoms with E-state index in [1.807, 2.05) is 20.9 Å². The molecule has 11 heteroatoms. The predicted molar refractivity (Wildman–Crippen MR) is 135 cm³/mol. The predicted octanol–water partition coefficient (Wildman–Crippen LogP) is 1.80. The number of Topliss-reactive ketones (excluding diaryl/α,β-unsaturated/α-hetero) is 1. The highest BCUT2D eigenvalue weighted by Gasteiger charge is 2.53. The number of hydrogen-bond donors (Lipinski definition) is 1. The highest BCUT2D eigenvalue weighted by molar-refractivity contribution is 6.00. The minimum atomic E-state index is -1.44. The smallest absolute Gasteiger partial charge is 0.287 e. The molecule has 10 nitrogen and oxygen atoms in total. The molecule has 3 aliphatic heterocycles. The Morgan fingerprint density at radius 1 is 1.21 bits per heavy atom. The van der Waals surface area contributed by atoms with Gasteiger partial charge in [0.15, 0.2) is 11.5 Å². The number of ketones is 1. The molecular formula is C27H34FN3O7. The van der Waals surface area contributed by atoms with Crippen molar-refractivity contribution in [1.82, 2.24) is 15.1 Å². The van der Waals surface area contributed by atoms with Gasteiger partial charge in [-0.2, -0.15) is 0 Å². The third-order valence-electron chi connectivity index (χ3n) is 7.21. The highest BCUT2D eigenvalue weighted by Crippen LogP contribution is 2.31. The standard InChI is InChI=1S/C27H34FN3O7/c1-15(2)8-20(27(34)31-12-19(28)25-24(31)21(32)14-37-25)29-26(33)23-10-16-9-17(4-5-22(16)38-23)36-13-18-11-30(3)6-7-35-18/h4-5,9-10,15,18-20,24-25H,6-8,11-14H2,1-3H3,(H,29,33)/t18-,19?,20?,24?,25?/m0/s1. The van der Waals surface area contributed by atoms with Crippen molar-refractivity contribution in [3.8, 4) is 5.75 Å². The molecule has 4 unspecified atom stereocenters. The quantitative estimate of drug-likeness (QED) is 0.549. The van der Waals surface area contributed by atoms with Crippen LogP contribution in [0.4, 0.5) is 4.39 Å². The van der Waals surface area contributed by atoms with Crippen molar-refractivity contribution in [2.24, 2.45) is 5.92 Å². The van der Waals surface area contributed by atoms with Crippen LogP contribution in [0.1, 0.15) is 30.8 Å². The van der Waals surface area contributed by atoms with Gasteiger partial charge in [-0.25, -0.2) is 4.39 Å². The maximum absolute atomic E-state index is 14.5. The van der Waals surface area contributed by atoms with E-state index in [9.17, 15) is 18.8 Å². The van der Waals surface area contributed by atoms with Gasteiger partial charge in [0.2, 0.25) is 5.91 Å². The number of likely N-dealkylation sites (tertiary alicyclic amines) is 1. The monoisotopic (exact) mass is 531 g/mol. The van der Waals surface area contributed by atoms with Gasteiger partial charge in [0.25, 0.3) is 5.91 Å². The van der Waals surface area contributed by atoms with Crippen LogP contribution in [0.25, 0.3) is 11.0 Å². The van der Waals surface area contributed by atoms with Crippen molar-refractivity contribution in [1.29, 1.82) is 0 Å². The highest BCUT2D eigenvalue weighted by atomic mass is 19.1. The molecule has 1 aromatic heterocycles. The minimum absolute atomic E-state index is 0.0183. The molecule has 3 fully saturated rings. The SMILES string of the molecule is CC(C)CC(NC(=O)c1cc2cc(OC[C@@H]3CN(C)CCO3)ccc2o1)C(=O)N1CC(F)C2OCC(=O)C21. The summed E-state index contributed by atoms with van der Waals surface area (Å²) in [6, 6.07) is 4.98. The van der Waals surface area contributed by atoms with Crippen LogP contribution in [0, 0.1) is 5.92 Å². The molecule has 5 rings (SSSR count). The van der Waals surface area contributed by atoms with Gasteiger partial charge in [-0.05, 0) is 43.7 Å². The Morgan fingerprint density at radius 3 is 2.79 bits per heavy atom. The van der Waals surface area contributed by atoms with Gasteiger partial charge in [0, 0.05) is 18.5 Å². The van der Waals surface area contributed by atoms with Gasteiger partial charge in [-0.3, -0.25) is 14.4 Å². The summed E-state index contributed by atoms with van der Waals surface area (Å²) < 4.78 is 37.1. The lowest BCUT2D eigenvalue weighted by molar-refractivity contribution is -0.138. The normalized spacial score (nSPS) is 26.7. The Kier molecular flexibility index (Phi) is 7.69. The first-order valence-electron chi connectivity index (χ1n) is 13.1. The number of halogens is 1. The summed E-state index contributed by atoms with van der Waals surface area (Å²) in [5.74, 6) is -0.661. The zero-order valence-corrected chi connectivity index (χ0v) is 21.9. The summed E-state index contributed by atoms with van der Waals surface area (Å²) in [7, 11) is 2.04. The molecular weight excluding hydrogens is 497 g/mol. The van der Waals surface area contributed by atoms with Crippen LogP contribution >= 0.6 is 0 Å². The fourth-order valence-corrected chi connectivity index (χ4v) is 5.33. The van der Waals surface area contributed by atoms with E-state index >= 15 is 0 Å². The van der Waals surface area contributed by atoms with E-state index in [1.165, 1.54) is 4.90 Å². The van der Waals surface area contributed by atoms with E-state index in [-0.39, 0.29) is 36.7 Å². The number of furan rings is 1. The first-order valence-corrected chi connectivity index (χ1v) is 13.1. The largest absolute Gasteiger partial charge is 0.491 e. The van der Waals surface area contributed by atoms with E-state index in [2.05, 4.69) is 10.2 Å². The molecule has 38 heavy (non-hydrogen) atoms. The Hall–Kier alpha value is -3.02. The lowest BCUT2D eigenvalue weighted by Crippen LogP contribution is -2.52. The number of ether oxygens (including phenoxy) is 3. The topological polar surface area (TPSA) is 111 Å². The fourth-order valence-electron chi connectivity index (χ4n) is 5.33. The van der Waals surface area contributed by atoms with Crippen molar-refractivity contribution in [2.45, 2.75) is 50.7 Å². The fraction of sp³-hybridized carbons (Fsp3) is 0.593. The van der Waals surface area contributed by atoms with Crippen molar-refractivity contribution in [3.05, 3.63) is 30.0 Å². The number of nitrogens with zero attached hydrogens (tertiary/aromatic N) is 2. The molecule has 1 N–H and O–H groups in total. The third kappa shape index (κ3) is 5.55. The molecule has 2 aromatic rings. The number of carbonyl (C=O) groups is 3. The van der Waals surface area contributed by atoms with Crippen LogP contribution in [-0.2, 0) is 19.1 Å². The maximum Gasteiger partial charge on any atom is 0.287 e. The summed E-state index contributed by atoms with van der Waals surface area (Å²) >= 11 is 0. The van der Waals surface area contributed by atoms with E-state index in [4.69, 9.17) is 18.6 Å². The summed E-state index contributed by atoms with van der Waals surface area (Å²) in [5, 5.41) is 3.43. The van der Waals surface area contributed by atoms with E-state index in [1.54, 1.807) is 24.3 Å². The number of likely N-dealkylation sites (N-methyl/N-ethyl adjacent to an activating group) is 1. The lowest BCUT2D eigenvalue weighted by atomic mass is 10.0. The van der Waals surface area contributed by atoms with E-state index in [0.717, 1.165) is 13.1 Å². The average molecular weight is 532 g/mol. The second kappa shape index (κ2) is 11.0. The summed E-state index contributed by atoms with van der Waals surface area (Å²) in [6.45, 7) is 6.15. The molecule has 3 saturated heterocycles. The number of benzene rings is 1. The zero-order valence-electron chi connectivity index (χ0n) is 21.9. The van der Waals surface area contributed by atoms with Crippen molar-refractivity contribution >= 4 is 28.6 Å². The van der Waals surface area contributed by atoms with Crippen molar-refractivity contribution in [3.63, 3.8) is 0 Å². The van der Waals surface area contributed by atoms with E-state index < -0.39 is 36.2 Å². The average Bonchev–Trinajstić information content (AvgIpc) is 3.57. The minimum Gasteiger partial charge on any atom is -0.491 e. The number of alkyl halides is 1. The van der Waals surface area contributed by atoms with Crippen LogP contribution in [0.5, 0.6) is 5.75 Å². The number of amides is 2. The summed E-state index contributed by atoms with van der Waals surface area (Å²) in [4.78, 5) is 42.2. The molecule has 0 spiro atoms. The van der Waals surface area contributed by atoms with Crippen LogP contribution in [-0.4, -0.2) is 104 Å². The zero-order chi connectivity index (χ0) is 27.0. The molecule has 206 valence electrons. The molecule has 3 aliphatic rings. The van der Waals surface area contributed by atoms with Crippen molar-refractivity contribution < 1.29 is 37.4 Å². The van der Waals surface area contributed by atoms with Gasteiger partial charge >= 0.3 is 0 Å². The number of fused-ring (bicyclic) bond motifs is 2. The molecule has 1 aromatic carbocycles. The molecule has 2 amide bonds. The maximum atomic E-state index is 14.5. The Labute approximate surface area is 220 Å². The Balaban J connectivity index is 1.26. The molecule has 0 bridgehead atoms. The van der Waals surface area contributed by atoms with Crippen LogP contribution in [0.3, 0.4) is 0 Å². The van der Waals surface area contributed by atoms with Gasteiger partial charge in [0.1, 0.15) is 55.0 Å². The number of rotatable bonds is 8. The second-order valence-corrected chi connectivity index (χ2v) is 10.7. The van der Waals surface area contributed by atoms with Crippen LogP contribution in [0.2, 0.25) is 0 Å². The number of morpholine rings is 1. The van der Waals surface area contributed by atoms with Crippen molar-refractivity contribution in [2.75, 3.05) is 46.5 Å². The Morgan fingerprint density at radius 2 is 2.03 bits per heavy atom. The van der Waals surface area contributed by atoms with Crippen LogP contribution < -0.4 is 10.1 Å². The second-order valence-electron chi connectivity index (χ2n) is 10.7. The molecule has 0 aliphatic carbocycles. The van der Waals surface area contributed by atoms with E-state index in [0.29, 0.717) is 36.4 Å². The molecule has 0 saturated carbocycles. The summed E-state index contributed by atoms with van der Waals surface area (Å²) in [6.07, 6.45) is -2.08. The number of hydrogen-bond acceptors (Lipinski definition) is 8. The third-order valence-corrected chi connectivity index (χ3v) is 7.21. The van der Waals surface area contributed by atoms with Gasteiger partial charge in [0.05, 0.1) is 13.2 Å². The number of carbonyl (C=O) groups excluding carboxylic acids is 3. The number of nitrogens with one attached hydrogen (secondary N) is 1. The van der Waals surface area contributed by atoms with Crippen LogP contribution in [0.15, 0.2) is 28.7 Å². The van der Waals surface area contributed by atoms with Gasteiger partial charge in [-0.1, -0.05) is 13.8 Å². The lowest BCUT2D eigenvalue weighted by Gasteiger charge is -2.29. The molecule has 0 radical (unpaired) electrons. The molecule has 4 heterocycles. The first kappa shape index (κ1) is 26.6. The summed E-state index contributed by atoms with van der Waals surface area (Å²) in [5.41, 5.74) is 0.499. The Bertz CT molecular complexity index is 1200. The first-order chi connectivity index (χ1) is 18.2. The van der Waals surface area contributed by atoms with Gasteiger partial charge < -0.3 is 33.7 Å². The van der Waals surface area contributed by atoms with Gasteiger partial charge in [-0.15, -0.1) is 0 Å². The molecule has 5 atom stereocenters.